The van der Waals surface area contributed by atoms with E-state index in [1.807, 2.05) is 112 Å². The van der Waals surface area contributed by atoms with Gasteiger partial charge < -0.3 is 28.4 Å². The van der Waals surface area contributed by atoms with E-state index in [0.717, 1.165) is 28.2 Å². The first-order chi connectivity index (χ1) is 21.8. The smallest absolute Gasteiger partial charge is 0.162 e. The van der Waals surface area contributed by atoms with Crippen molar-refractivity contribution < 1.29 is 33.2 Å². The summed E-state index contributed by atoms with van der Waals surface area (Å²) in [5, 5.41) is 0. The molecule has 1 unspecified atom stereocenters. The van der Waals surface area contributed by atoms with Crippen molar-refractivity contribution in [3.05, 3.63) is 120 Å². The molecule has 7 nitrogen and oxygen atoms in total. The highest BCUT2D eigenvalue weighted by Gasteiger charge is 2.33. The molecule has 7 heteroatoms. The molecule has 0 bridgehead atoms. The summed E-state index contributed by atoms with van der Waals surface area (Å²) < 4.78 is 35.5. The zero-order chi connectivity index (χ0) is 32.1. The van der Waals surface area contributed by atoms with Gasteiger partial charge in [0.1, 0.15) is 23.4 Å². The SMILES string of the molecule is COc1ccc(COC/C=C/C(C)(C)C2=CC(=O)C[C@@H](C[C@@H](OCc3ccc(OC)cc3)C(C)OCc3ccccc3)O2)cc1. The Balaban J connectivity index is 1.36. The number of allylic oxidation sites excluding steroid dienone is 2. The number of ketones is 1. The molecular weight excluding hydrogens is 568 g/mol. The maximum Gasteiger partial charge on any atom is 0.162 e. The number of benzene rings is 3. The lowest BCUT2D eigenvalue weighted by Crippen LogP contribution is -2.36. The minimum Gasteiger partial charge on any atom is -0.497 e. The van der Waals surface area contributed by atoms with Gasteiger partial charge in [0.15, 0.2) is 5.78 Å². The van der Waals surface area contributed by atoms with E-state index >= 15 is 0 Å². The lowest BCUT2D eigenvalue weighted by atomic mass is 9.87. The zero-order valence-electron chi connectivity index (χ0n) is 27.1. The lowest BCUT2D eigenvalue weighted by Gasteiger charge is -2.34. The Morgan fingerprint density at radius 1 is 0.822 bits per heavy atom. The summed E-state index contributed by atoms with van der Waals surface area (Å²) in [4.78, 5) is 12.9. The summed E-state index contributed by atoms with van der Waals surface area (Å²) in [5.74, 6) is 2.30. The third-order valence-electron chi connectivity index (χ3n) is 7.82. The second-order valence-corrected chi connectivity index (χ2v) is 11.8. The van der Waals surface area contributed by atoms with Gasteiger partial charge in [0.2, 0.25) is 0 Å². The van der Waals surface area contributed by atoms with Crippen molar-refractivity contribution in [3.63, 3.8) is 0 Å². The van der Waals surface area contributed by atoms with E-state index in [1.165, 1.54) is 0 Å². The van der Waals surface area contributed by atoms with Crippen LogP contribution in [0.4, 0.5) is 0 Å². The number of carbonyl (C=O) groups excluding carboxylic acids is 1. The van der Waals surface area contributed by atoms with Crippen molar-refractivity contribution in [2.75, 3.05) is 20.8 Å². The van der Waals surface area contributed by atoms with Gasteiger partial charge in [0.05, 0.1) is 52.9 Å². The van der Waals surface area contributed by atoms with Gasteiger partial charge in [-0.1, -0.05) is 66.7 Å². The van der Waals surface area contributed by atoms with Gasteiger partial charge in [-0.05, 0) is 61.7 Å². The Morgan fingerprint density at radius 2 is 1.40 bits per heavy atom. The molecule has 45 heavy (non-hydrogen) atoms. The van der Waals surface area contributed by atoms with Crippen LogP contribution in [0.15, 0.2) is 103 Å². The Kier molecular flexibility index (Phi) is 12.8. The van der Waals surface area contributed by atoms with Crippen LogP contribution in [0, 0.1) is 5.41 Å². The highest BCUT2D eigenvalue weighted by atomic mass is 16.5. The van der Waals surface area contributed by atoms with Crippen molar-refractivity contribution in [1.82, 2.24) is 0 Å². The molecule has 0 spiro atoms. The Morgan fingerprint density at radius 3 is 2.02 bits per heavy atom. The molecule has 0 aromatic heterocycles. The minimum atomic E-state index is -0.493. The first-order valence-corrected chi connectivity index (χ1v) is 15.5. The average Bonchev–Trinajstić information content (AvgIpc) is 3.06. The van der Waals surface area contributed by atoms with E-state index in [9.17, 15) is 4.79 Å². The molecule has 3 atom stereocenters. The van der Waals surface area contributed by atoms with Crippen molar-refractivity contribution in [2.45, 2.75) is 71.7 Å². The zero-order valence-corrected chi connectivity index (χ0v) is 27.1. The molecule has 1 heterocycles. The van der Waals surface area contributed by atoms with Crippen LogP contribution < -0.4 is 9.47 Å². The number of hydrogen-bond acceptors (Lipinski definition) is 7. The fraction of sp³-hybridized carbons (Fsp3) is 0.395. The van der Waals surface area contributed by atoms with Gasteiger partial charge in [0, 0.05) is 24.3 Å². The van der Waals surface area contributed by atoms with Gasteiger partial charge in [-0.15, -0.1) is 0 Å². The Labute approximate surface area is 267 Å². The molecule has 0 radical (unpaired) electrons. The summed E-state index contributed by atoms with van der Waals surface area (Å²) in [5.41, 5.74) is 2.69. The molecule has 0 fully saturated rings. The van der Waals surface area contributed by atoms with Crippen LogP contribution in [0.3, 0.4) is 0 Å². The van der Waals surface area contributed by atoms with Gasteiger partial charge in [-0.2, -0.15) is 0 Å². The number of rotatable bonds is 17. The molecule has 1 aliphatic heterocycles. The lowest BCUT2D eigenvalue weighted by molar-refractivity contribution is -0.123. The summed E-state index contributed by atoms with van der Waals surface area (Å²) in [7, 11) is 3.30. The highest BCUT2D eigenvalue weighted by Crippen LogP contribution is 2.35. The summed E-state index contributed by atoms with van der Waals surface area (Å²) >= 11 is 0. The van der Waals surface area contributed by atoms with E-state index in [0.29, 0.717) is 45.0 Å². The quantitative estimate of drug-likeness (QED) is 0.114. The van der Waals surface area contributed by atoms with Crippen LogP contribution >= 0.6 is 0 Å². The van der Waals surface area contributed by atoms with E-state index in [1.54, 1.807) is 20.3 Å². The normalized spacial score (nSPS) is 16.6. The minimum absolute atomic E-state index is 0.0465. The van der Waals surface area contributed by atoms with E-state index in [4.69, 9.17) is 28.4 Å². The molecular formula is C38H46O7. The molecule has 4 rings (SSSR count). The monoisotopic (exact) mass is 614 g/mol. The largest absolute Gasteiger partial charge is 0.497 e. The first-order valence-electron chi connectivity index (χ1n) is 15.5. The van der Waals surface area contributed by atoms with Gasteiger partial charge in [0.25, 0.3) is 0 Å². The summed E-state index contributed by atoms with van der Waals surface area (Å²) in [6.45, 7) is 7.91. The van der Waals surface area contributed by atoms with Crippen molar-refractivity contribution in [2.24, 2.45) is 5.41 Å². The standard InChI is InChI=1S/C38H46O7/c1-28(43-26-29-10-7-6-8-11-29)36(44-27-31-14-18-34(41-5)19-15-31)24-35-22-32(39)23-37(45-35)38(2,3)20-9-21-42-25-30-12-16-33(40-4)17-13-30/h6-20,23,28,35-36H,21-22,24-27H2,1-5H3/b20-9+/t28?,35-,36+/m0/s1. The van der Waals surface area contributed by atoms with Gasteiger partial charge in [-0.25, -0.2) is 0 Å². The third kappa shape index (κ3) is 10.9. The fourth-order valence-corrected chi connectivity index (χ4v) is 5.03. The fourth-order valence-electron chi connectivity index (χ4n) is 5.03. The summed E-state index contributed by atoms with van der Waals surface area (Å²) in [6.07, 6.45) is 5.59. The molecule has 0 saturated carbocycles. The average molecular weight is 615 g/mol. The maximum absolute atomic E-state index is 12.9. The Bertz CT molecular complexity index is 1380. The number of carbonyl (C=O) groups is 1. The van der Waals surface area contributed by atoms with E-state index < -0.39 is 5.41 Å². The number of hydrogen-bond donors (Lipinski definition) is 0. The third-order valence-corrected chi connectivity index (χ3v) is 7.82. The maximum atomic E-state index is 12.9. The Hall–Kier alpha value is -3.91. The second kappa shape index (κ2) is 17.0. The molecule has 3 aromatic rings. The first kappa shape index (κ1) is 34.0. The molecule has 0 aliphatic carbocycles. The van der Waals surface area contributed by atoms with E-state index in [2.05, 4.69) is 0 Å². The van der Waals surface area contributed by atoms with Crippen molar-refractivity contribution in [1.29, 1.82) is 0 Å². The molecule has 3 aromatic carbocycles. The highest BCUT2D eigenvalue weighted by molar-refractivity contribution is 5.91. The molecule has 0 saturated heterocycles. The van der Waals surface area contributed by atoms with Gasteiger partial charge in [-0.3, -0.25) is 4.79 Å². The van der Waals surface area contributed by atoms with Gasteiger partial charge >= 0.3 is 0 Å². The molecule has 240 valence electrons. The van der Waals surface area contributed by atoms with Crippen LogP contribution in [0.1, 0.15) is 50.3 Å². The molecule has 0 amide bonds. The predicted molar refractivity (Wildman–Crippen MR) is 175 cm³/mol. The predicted octanol–water partition coefficient (Wildman–Crippen LogP) is 7.63. The topological polar surface area (TPSA) is 72.5 Å². The number of methoxy groups -OCH3 is 2. The van der Waals surface area contributed by atoms with Crippen LogP contribution in [0.5, 0.6) is 11.5 Å². The van der Waals surface area contributed by atoms with Crippen molar-refractivity contribution >= 4 is 5.78 Å². The summed E-state index contributed by atoms with van der Waals surface area (Å²) in [6, 6.07) is 25.7. The molecule has 0 N–H and O–H groups in total. The van der Waals surface area contributed by atoms with E-state index in [-0.39, 0.29) is 24.1 Å². The van der Waals surface area contributed by atoms with Crippen LogP contribution in [0.25, 0.3) is 0 Å². The number of ether oxygens (including phenoxy) is 6. The van der Waals surface area contributed by atoms with Crippen LogP contribution in [-0.2, 0) is 43.6 Å². The second-order valence-electron chi connectivity index (χ2n) is 11.8. The molecule has 1 aliphatic rings. The van der Waals surface area contributed by atoms with Crippen molar-refractivity contribution in [3.8, 4) is 11.5 Å². The van der Waals surface area contributed by atoms with Crippen LogP contribution in [-0.4, -0.2) is 44.9 Å². The van der Waals surface area contributed by atoms with Crippen LogP contribution in [0.2, 0.25) is 0 Å².